The molecule has 1 fully saturated rings. The van der Waals surface area contributed by atoms with Crippen LogP contribution < -0.4 is 5.32 Å². The van der Waals surface area contributed by atoms with Gasteiger partial charge >= 0.3 is 0 Å². The fraction of sp³-hybridized carbons (Fsp3) is 0.500. The van der Waals surface area contributed by atoms with Gasteiger partial charge in [-0.25, -0.2) is 0 Å². The molecule has 1 aliphatic heterocycles. The molecule has 1 saturated heterocycles. The lowest BCUT2D eigenvalue weighted by Crippen LogP contribution is -2.41. The summed E-state index contributed by atoms with van der Waals surface area (Å²) in [6.07, 6.45) is 4.70. The summed E-state index contributed by atoms with van der Waals surface area (Å²) < 4.78 is 11.0. The van der Waals surface area contributed by atoms with E-state index in [1.54, 1.807) is 6.26 Å². The Morgan fingerprint density at radius 3 is 2.82 bits per heavy atom. The van der Waals surface area contributed by atoms with Crippen LogP contribution in [0.15, 0.2) is 58.1 Å². The lowest BCUT2D eigenvalue weighted by Gasteiger charge is -2.22. The van der Waals surface area contributed by atoms with Crippen LogP contribution in [-0.4, -0.2) is 50.3 Å². The molecule has 0 bridgehead atoms. The summed E-state index contributed by atoms with van der Waals surface area (Å²) in [7, 11) is 0. The molecule has 154 valence electrons. The maximum Gasteiger partial charge on any atom is 0.193 e. The van der Waals surface area contributed by atoms with Crippen LogP contribution in [-0.2, 0) is 17.6 Å². The van der Waals surface area contributed by atoms with Crippen LogP contribution in [0.5, 0.6) is 0 Å². The van der Waals surface area contributed by atoms with Crippen molar-refractivity contribution in [2.24, 2.45) is 10.9 Å². The van der Waals surface area contributed by atoms with Crippen molar-refractivity contribution < 1.29 is 9.15 Å². The number of hydrogen-bond acceptors (Lipinski definition) is 3. The standard InChI is InChI=1S/C22H31N3O2.HI/c1-2-26-18-20-12-15-25(17-20)22(24-14-11-21-9-6-16-27-21)23-13-10-19-7-4-3-5-8-19;/h3-9,16,20H,2,10-15,17-18H2,1H3,(H,23,24);1H. The summed E-state index contributed by atoms with van der Waals surface area (Å²) in [5.74, 6) is 2.59. The smallest absolute Gasteiger partial charge is 0.193 e. The van der Waals surface area contributed by atoms with Crippen LogP contribution in [0.1, 0.15) is 24.7 Å². The normalized spacial score (nSPS) is 16.8. The molecule has 1 aromatic heterocycles. The Morgan fingerprint density at radius 1 is 1.21 bits per heavy atom. The van der Waals surface area contributed by atoms with E-state index in [0.717, 1.165) is 70.4 Å². The third-order valence-electron chi connectivity index (χ3n) is 4.88. The molecule has 1 aliphatic rings. The molecular weight excluding hydrogens is 465 g/mol. The minimum atomic E-state index is 0. The number of furan rings is 1. The van der Waals surface area contributed by atoms with Gasteiger partial charge in [0.25, 0.3) is 0 Å². The number of halogens is 1. The molecule has 28 heavy (non-hydrogen) atoms. The third-order valence-corrected chi connectivity index (χ3v) is 4.88. The van der Waals surface area contributed by atoms with E-state index in [1.165, 1.54) is 5.56 Å². The Balaban J connectivity index is 0.00000280. The Hall–Kier alpha value is -1.54. The highest BCUT2D eigenvalue weighted by Crippen LogP contribution is 2.17. The van der Waals surface area contributed by atoms with Gasteiger partial charge in [0.2, 0.25) is 0 Å². The molecule has 3 rings (SSSR count). The maximum absolute atomic E-state index is 5.62. The fourth-order valence-corrected chi connectivity index (χ4v) is 3.40. The first-order valence-electron chi connectivity index (χ1n) is 10.0. The van der Waals surface area contributed by atoms with Gasteiger partial charge in [-0.2, -0.15) is 0 Å². The number of likely N-dealkylation sites (tertiary alicyclic amines) is 1. The van der Waals surface area contributed by atoms with Crippen LogP contribution in [0.3, 0.4) is 0 Å². The zero-order valence-corrected chi connectivity index (χ0v) is 19.0. The largest absolute Gasteiger partial charge is 0.469 e. The third kappa shape index (κ3) is 7.47. The highest BCUT2D eigenvalue weighted by Gasteiger charge is 2.24. The van der Waals surface area contributed by atoms with E-state index in [4.69, 9.17) is 14.1 Å². The van der Waals surface area contributed by atoms with Gasteiger partial charge in [0.1, 0.15) is 5.76 Å². The van der Waals surface area contributed by atoms with Gasteiger partial charge in [0, 0.05) is 45.1 Å². The van der Waals surface area contributed by atoms with Gasteiger partial charge in [-0.1, -0.05) is 30.3 Å². The number of ether oxygens (including phenoxy) is 1. The van der Waals surface area contributed by atoms with E-state index in [-0.39, 0.29) is 24.0 Å². The van der Waals surface area contributed by atoms with Gasteiger partial charge in [-0.15, -0.1) is 24.0 Å². The summed E-state index contributed by atoms with van der Waals surface area (Å²) in [4.78, 5) is 7.23. The predicted molar refractivity (Wildman–Crippen MR) is 124 cm³/mol. The first-order valence-corrected chi connectivity index (χ1v) is 10.0. The van der Waals surface area contributed by atoms with E-state index < -0.39 is 0 Å². The zero-order valence-electron chi connectivity index (χ0n) is 16.7. The van der Waals surface area contributed by atoms with Crippen LogP contribution in [0, 0.1) is 5.92 Å². The van der Waals surface area contributed by atoms with Crippen molar-refractivity contribution in [1.29, 1.82) is 0 Å². The average molecular weight is 497 g/mol. The highest BCUT2D eigenvalue weighted by atomic mass is 127. The number of guanidine groups is 1. The molecule has 0 radical (unpaired) electrons. The van der Waals surface area contributed by atoms with E-state index in [1.807, 2.05) is 12.1 Å². The Morgan fingerprint density at radius 2 is 2.07 bits per heavy atom. The van der Waals surface area contributed by atoms with Gasteiger partial charge in [-0.3, -0.25) is 4.99 Å². The molecule has 1 atom stereocenters. The quantitative estimate of drug-likeness (QED) is 0.324. The Bertz CT molecular complexity index is 676. The molecule has 5 nitrogen and oxygen atoms in total. The zero-order chi connectivity index (χ0) is 18.7. The SMILES string of the molecule is CCOCC1CCN(C(=NCCc2ccco2)NCCc2ccccc2)C1.I. The second kappa shape index (κ2) is 12.8. The van der Waals surface area contributed by atoms with E-state index >= 15 is 0 Å². The number of hydrogen-bond donors (Lipinski definition) is 1. The minimum absolute atomic E-state index is 0. The first kappa shape index (κ1) is 22.7. The van der Waals surface area contributed by atoms with Crippen molar-refractivity contribution in [2.45, 2.75) is 26.2 Å². The topological polar surface area (TPSA) is 50.0 Å². The van der Waals surface area contributed by atoms with Crippen LogP contribution in [0.4, 0.5) is 0 Å². The number of rotatable bonds is 9. The Labute approximate surface area is 185 Å². The number of benzene rings is 1. The summed E-state index contributed by atoms with van der Waals surface area (Å²) in [6.45, 7) is 7.35. The van der Waals surface area contributed by atoms with Crippen LogP contribution in [0.25, 0.3) is 0 Å². The Kier molecular flexibility index (Phi) is 10.4. The first-order chi connectivity index (χ1) is 13.3. The maximum atomic E-state index is 5.62. The van der Waals surface area contributed by atoms with E-state index in [2.05, 4.69) is 47.5 Å². The van der Waals surface area contributed by atoms with Gasteiger partial charge in [-0.05, 0) is 37.5 Å². The molecule has 2 heterocycles. The van der Waals surface area contributed by atoms with Crippen molar-refractivity contribution in [3.63, 3.8) is 0 Å². The summed E-state index contributed by atoms with van der Waals surface area (Å²) in [6, 6.07) is 14.5. The van der Waals surface area contributed by atoms with Crippen molar-refractivity contribution in [2.75, 3.05) is 39.4 Å². The lowest BCUT2D eigenvalue weighted by molar-refractivity contribution is 0.114. The van der Waals surface area contributed by atoms with Crippen LogP contribution >= 0.6 is 24.0 Å². The molecule has 2 aromatic rings. The molecule has 1 N–H and O–H groups in total. The van der Waals surface area contributed by atoms with Crippen LogP contribution in [0.2, 0.25) is 0 Å². The molecule has 6 heteroatoms. The highest BCUT2D eigenvalue weighted by molar-refractivity contribution is 14.0. The van der Waals surface area contributed by atoms with Crippen molar-refractivity contribution in [3.05, 3.63) is 60.1 Å². The average Bonchev–Trinajstić information content (AvgIpc) is 3.38. The van der Waals surface area contributed by atoms with Crippen molar-refractivity contribution >= 4 is 29.9 Å². The predicted octanol–water partition coefficient (Wildman–Crippen LogP) is 3.99. The van der Waals surface area contributed by atoms with E-state index in [9.17, 15) is 0 Å². The van der Waals surface area contributed by atoms with Crippen molar-refractivity contribution in [3.8, 4) is 0 Å². The van der Waals surface area contributed by atoms with Gasteiger partial charge < -0.3 is 19.4 Å². The molecule has 0 saturated carbocycles. The van der Waals surface area contributed by atoms with Gasteiger partial charge in [0.05, 0.1) is 12.9 Å². The summed E-state index contributed by atoms with van der Waals surface area (Å²) in [5.41, 5.74) is 1.34. The van der Waals surface area contributed by atoms with Crippen molar-refractivity contribution in [1.82, 2.24) is 10.2 Å². The van der Waals surface area contributed by atoms with Gasteiger partial charge in [0.15, 0.2) is 5.96 Å². The second-order valence-corrected chi connectivity index (χ2v) is 6.96. The fourth-order valence-electron chi connectivity index (χ4n) is 3.40. The number of nitrogens with one attached hydrogen (secondary N) is 1. The number of aliphatic imine (C=N–C) groups is 1. The minimum Gasteiger partial charge on any atom is -0.469 e. The van der Waals surface area contributed by atoms with E-state index in [0.29, 0.717) is 5.92 Å². The molecular formula is C22H32IN3O2. The second-order valence-electron chi connectivity index (χ2n) is 6.96. The summed E-state index contributed by atoms with van der Waals surface area (Å²) >= 11 is 0. The summed E-state index contributed by atoms with van der Waals surface area (Å²) in [5, 5.41) is 3.57. The molecule has 0 amide bonds. The molecule has 0 spiro atoms. The monoisotopic (exact) mass is 497 g/mol. The molecule has 1 unspecified atom stereocenters. The molecule has 1 aromatic carbocycles. The number of nitrogens with zero attached hydrogens (tertiary/aromatic N) is 2. The molecule has 0 aliphatic carbocycles. The lowest BCUT2D eigenvalue weighted by atomic mass is 10.1.